The van der Waals surface area contributed by atoms with E-state index in [9.17, 15) is 4.79 Å². The van der Waals surface area contributed by atoms with Gasteiger partial charge in [0.2, 0.25) is 5.91 Å². The van der Waals surface area contributed by atoms with Gasteiger partial charge in [0.15, 0.2) is 0 Å². The fourth-order valence-electron chi connectivity index (χ4n) is 2.52. The standard InChI is InChI=1S/C20H19NO3/c1-14(19-13-16-8-4-6-10-18(16)24-19)21-20(22)12-11-15-7-3-5-9-17(15)23-2/h3-14H,1-2H3,(H,21,22)/b12-11+/t14-/m1/s1. The Kier molecular flexibility index (Phi) is 4.66. The largest absolute Gasteiger partial charge is 0.496 e. The summed E-state index contributed by atoms with van der Waals surface area (Å²) in [4.78, 5) is 12.1. The van der Waals surface area contributed by atoms with Gasteiger partial charge in [-0.25, -0.2) is 0 Å². The minimum atomic E-state index is -0.216. The van der Waals surface area contributed by atoms with E-state index < -0.39 is 0 Å². The molecule has 0 fully saturated rings. The molecule has 4 nitrogen and oxygen atoms in total. The van der Waals surface area contributed by atoms with E-state index in [0.717, 1.165) is 28.0 Å². The molecule has 1 atom stereocenters. The zero-order valence-electron chi connectivity index (χ0n) is 13.7. The molecule has 1 N–H and O–H groups in total. The summed E-state index contributed by atoms with van der Waals surface area (Å²) in [5.41, 5.74) is 1.67. The van der Waals surface area contributed by atoms with E-state index in [1.54, 1.807) is 13.2 Å². The Morgan fingerprint density at radius 1 is 1.17 bits per heavy atom. The van der Waals surface area contributed by atoms with Crippen molar-refractivity contribution in [3.63, 3.8) is 0 Å². The molecule has 1 heterocycles. The fraction of sp³-hybridized carbons (Fsp3) is 0.150. The molecule has 1 amide bonds. The van der Waals surface area contributed by atoms with Crippen LogP contribution in [0.2, 0.25) is 0 Å². The van der Waals surface area contributed by atoms with Crippen LogP contribution in [-0.4, -0.2) is 13.0 Å². The monoisotopic (exact) mass is 321 g/mol. The number of hydrogen-bond acceptors (Lipinski definition) is 3. The number of fused-ring (bicyclic) bond motifs is 1. The summed E-state index contributed by atoms with van der Waals surface area (Å²) < 4.78 is 11.0. The number of furan rings is 1. The van der Waals surface area contributed by atoms with Crippen LogP contribution in [0.15, 0.2) is 65.1 Å². The minimum absolute atomic E-state index is 0.186. The van der Waals surface area contributed by atoms with Crippen LogP contribution in [0.25, 0.3) is 17.0 Å². The Morgan fingerprint density at radius 3 is 2.71 bits per heavy atom. The van der Waals surface area contributed by atoms with Crippen molar-refractivity contribution in [2.45, 2.75) is 13.0 Å². The highest BCUT2D eigenvalue weighted by Crippen LogP contribution is 2.23. The summed E-state index contributed by atoms with van der Waals surface area (Å²) in [5.74, 6) is 1.27. The van der Waals surface area contributed by atoms with E-state index in [1.165, 1.54) is 6.08 Å². The first-order valence-corrected chi connectivity index (χ1v) is 7.77. The molecule has 24 heavy (non-hydrogen) atoms. The van der Waals surface area contributed by atoms with Crippen LogP contribution in [0.5, 0.6) is 5.75 Å². The molecule has 0 radical (unpaired) electrons. The maximum atomic E-state index is 12.1. The van der Waals surface area contributed by atoms with Crippen molar-refractivity contribution >= 4 is 23.0 Å². The van der Waals surface area contributed by atoms with Gasteiger partial charge in [-0.05, 0) is 31.2 Å². The van der Waals surface area contributed by atoms with Crippen LogP contribution in [0.1, 0.15) is 24.3 Å². The van der Waals surface area contributed by atoms with Crippen LogP contribution in [-0.2, 0) is 4.79 Å². The van der Waals surface area contributed by atoms with E-state index in [-0.39, 0.29) is 11.9 Å². The third kappa shape index (κ3) is 3.49. The molecule has 2 aromatic carbocycles. The van der Waals surface area contributed by atoms with Crippen molar-refractivity contribution in [1.82, 2.24) is 5.32 Å². The van der Waals surface area contributed by atoms with Crippen molar-refractivity contribution < 1.29 is 13.9 Å². The smallest absolute Gasteiger partial charge is 0.244 e. The van der Waals surface area contributed by atoms with Crippen LogP contribution in [0.3, 0.4) is 0 Å². The molecule has 122 valence electrons. The second kappa shape index (κ2) is 7.04. The van der Waals surface area contributed by atoms with Gasteiger partial charge in [0.1, 0.15) is 17.1 Å². The Hall–Kier alpha value is -3.01. The summed E-state index contributed by atoms with van der Waals surface area (Å²) >= 11 is 0. The first kappa shape index (κ1) is 15.9. The number of methoxy groups -OCH3 is 1. The summed E-state index contributed by atoms with van der Waals surface area (Å²) in [7, 11) is 1.61. The highest BCUT2D eigenvalue weighted by atomic mass is 16.5. The van der Waals surface area contributed by atoms with Gasteiger partial charge >= 0.3 is 0 Å². The highest BCUT2D eigenvalue weighted by Gasteiger charge is 2.12. The number of carbonyl (C=O) groups excluding carboxylic acids is 1. The fourth-order valence-corrected chi connectivity index (χ4v) is 2.52. The van der Waals surface area contributed by atoms with Crippen molar-refractivity contribution in [3.8, 4) is 5.75 Å². The number of ether oxygens (including phenoxy) is 1. The van der Waals surface area contributed by atoms with E-state index >= 15 is 0 Å². The van der Waals surface area contributed by atoms with E-state index in [1.807, 2.05) is 61.5 Å². The van der Waals surface area contributed by atoms with E-state index in [4.69, 9.17) is 9.15 Å². The average Bonchev–Trinajstić information content (AvgIpc) is 3.04. The number of nitrogens with one attached hydrogen (secondary N) is 1. The summed E-state index contributed by atoms with van der Waals surface area (Å²) in [6, 6.07) is 17.1. The number of hydrogen-bond donors (Lipinski definition) is 1. The van der Waals surface area contributed by atoms with E-state index in [0.29, 0.717) is 0 Å². The topological polar surface area (TPSA) is 51.5 Å². The molecule has 3 aromatic rings. The maximum absolute atomic E-state index is 12.1. The van der Waals surface area contributed by atoms with Gasteiger partial charge in [-0.15, -0.1) is 0 Å². The molecule has 1 aromatic heterocycles. The minimum Gasteiger partial charge on any atom is -0.496 e. The molecule has 0 saturated heterocycles. The number of benzene rings is 2. The third-order valence-electron chi connectivity index (χ3n) is 3.78. The lowest BCUT2D eigenvalue weighted by Gasteiger charge is -2.09. The van der Waals surface area contributed by atoms with Crippen LogP contribution >= 0.6 is 0 Å². The molecular formula is C20H19NO3. The van der Waals surface area contributed by atoms with Crippen LogP contribution in [0.4, 0.5) is 0 Å². The number of rotatable bonds is 5. The Bertz CT molecular complexity index is 846. The number of carbonyl (C=O) groups is 1. The second-order valence-electron chi connectivity index (χ2n) is 5.49. The van der Waals surface area contributed by atoms with Gasteiger partial charge in [-0.3, -0.25) is 4.79 Å². The molecule has 3 rings (SSSR count). The van der Waals surface area contributed by atoms with Crippen molar-refractivity contribution in [2.24, 2.45) is 0 Å². The van der Waals surface area contributed by atoms with E-state index in [2.05, 4.69) is 5.32 Å². The quantitative estimate of drug-likeness (QED) is 0.712. The van der Waals surface area contributed by atoms with Gasteiger partial charge in [0.05, 0.1) is 13.2 Å². The predicted octanol–water partition coefficient (Wildman–Crippen LogP) is 4.33. The zero-order valence-corrected chi connectivity index (χ0v) is 13.7. The molecule has 0 saturated carbocycles. The van der Waals surface area contributed by atoms with Gasteiger partial charge in [0.25, 0.3) is 0 Å². The second-order valence-corrected chi connectivity index (χ2v) is 5.49. The van der Waals surface area contributed by atoms with Gasteiger partial charge < -0.3 is 14.5 Å². The zero-order chi connectivity index (χ0) is 16.9. The molecule has 0 aliphatic heterocycles. The van der Waals surface area contributed by atoms with Crippen molar-refractivity contribution in [2.75, 3.05) is 7.11 Å². The van der Waals surface area contributed by atoms with Gasteiger partial charge in [-0.2, -0.15) is 0 Å². The molecule has 0 aliphatic carbocycles. The summed E-state index contributed by atoms with van der Waals surface area (Å²) in [5, 5.41) is 3.93. The molecule has 0 aliphatic rings. The van der Waals surface area contributed by atoms with Crippen molar-refractivity contribution in [3.05, 3.63) is 72.0 Å². The first-order valence-electron chi connectivity index (χ1n) is 7.77. The maximum Gasteiger partial charge on any atom is 0.244 e. The predicted molar refractivity (Wildman–Crippen MR) is 94.8 cm³/mol. The Morgan fingerprint density at radius 2 is 1.92 bits per heavy atom. The lowest BCUT2D eigenvalue weighted by Crippen LogP contribution is -2.24. The highest BCUT2D eigenvalue weighted by molar-refractivity contribution is 5.92. The SMILES string of the molecule is COc1ccccc1/C=C/C(=O)N[C@H](C)c1cc2ccccc2o1. The van der Waals surface area contributed by atoms with Crippen molar-refractivity contribution in [1.29, 1.82) is 0 Å². The number of para-hydroxylation sites is 2. The molecule has 0 bridgehead atoms. The van der Waals surface area contributed by atoms with Gasteiger partial charge in [-0.1, -0.05) is 36.4 Å². The van der Waals surface area contributed by atoms with Crippen LogP contribution < -0.4 is 10.1 Å². The molecule has 4 heteroatoms. The van der Waals surface area contributed by atoms with Gasteiger partial charge in [0, 0.05) is 17.0 Å². The molecule has 0 unspecified atom stereocenters. The van der Waals surface area contributed by atoms with Crippen LogP contribution in [0, 0.1) is 0 Å². The molecule has 0 spiro atoms. The summed E-state index contributed by atoms with van der Waals surface area (Å²) in [6.45, 7) is 1.90. The molecular weight excluding hydrogens is 302 g/mol. The normalized spacial score (nSPS) is 12.4. The Balaban J connectivity index is 1.68. The third-order valence-corrected chi connectivity index (χ3v) is 3.78. The Labute approximate surface area is 140 Å². The lowest BCUT2D eigenvalue weighted by atomic mass is 10.2. The first-order chi connectivity index (χ1) is 11.7. The summed E-state index contributed by atoms with van der Waals surface area (Å²) in [6.07, 6.45) is 3.23. The average molecular weight is 321 g/mol. The lowest BCUT2D eigenvalue weighted by molar-refractivity contribution is -0.117. The number of amides is 1.